The second-order valence-electron chi connectivity index (χ2n) is 12.7. The molecular weight excluding hydrogens is 615 g/mol. The number of carbonyl (C=O) groups excluding carboxylic acids is 2. The zero-order valence-corrected chi connectivity index (χ0v) is 31.3. The predicted octanol–water partition coefficient (Wildman–Crippen LogP) is 11.5. The zero-order chi connectivity index (χ0) is 34.7. The van der Waals surface area contributed by atoms with Gasteiger partial charge in [0.05, 0.1) is 6.61 Å². The monoisotopic (exact) mass is 686 g/mol. The molecule has 0 bridgehead atoms. The third kappa shape index (κ3) is 34.2. The van der Waals surface area contributed by atoms with Crippen LogP contribution in [-0.2, 0) is 32.7 Å². The van der Waals surface area contributed by atoms with E-state index in [0.717, 1.165) is 64.9 Å². The molecule has 0 radical (unpaired) electrons. The Bertz CT molecular complexity index is 829. The Morgan fingerprint density at radius 3 is 1.53 bits per heavy atom. The molecule has 0 spiro atoms. The number of phosphoric ester groups is 1. The molecule has 47 heavy (non-hydrogen) atoms. The van der Waals surface area contributed by atoms with Gasteiger partial charge in [0, 0.05) is 20.0 Å². The van der Waals surface area contributed by atoms with Gasteiger partial charge in [-0.05, 0) is 44.9 Å². The first-order chi connectivity index (χ1) is 22.8. The van der Waals surface area contributed by atoms with E-state index in [1.165, 1.54) is 89.9 Å². The molecule has 1 N–H and O–H groups in total. The van der Waals surface area contributed by atoms with E-state index >= 15 is 0 Å². The fourth-order valence-electron chi connectivity index (χ4n) is 5.22. The average Bonchev–Trinajstić information content (AvgIpc) is 3.06. The maximum absolute atomic E-state index is 12.4. The van der Waals surface area contributed by atoms with Gasteiger partial charge in [-0.1, -0.05) is 147 Å². The highest BCUT2D eigenvalue weighted by Gasteiger charge is 2.24. The fraction of sp³-hybridized carbons (Fsp3) is 0.842. The topological polar surface area (TPSA) is 108 Å². The molecule has 2 atom stereocenters. The van der Waals surface area contributed by atoms with Crippen molar-refractivity contribution in [2.24, 2.45) is 0 Å². The quantitative estimate of drug-likeness (QED) is 0.0304. The molecular formula is C38H71O8P. The first-order valence-electron chi connectivity index (χ1n) is 19.0. The summed E-state index contributed by atoms with van der Waals surface area (Å²) in [4.78, 5) is 34.3. The van der Waals surface area contributed by atoms with E-state index < -0.39 is 26.5 Å². The van der Waals surface area contributed by atoms with E-state index in [0.29, 0.717) is 12.8 Å². The molecule has 0 aliphatic carbocycles. The average molecular weight is 687 g/mol. The highest BCUT2D eigenvalue weighted by Crippen LogP contribution is 2.42. The first kappa shape index (κ1) is 45.5. The van der Waals surface area contributed by atoms with Crippen LogP contribution in [0.5, 0.6) is 0 Å². The number of hydrogen-bond acceptors (Lipinski definition) is 7. The Balaban J connectivity index is 4.08. The molecule has 0 fully saturated rings. The molecule has 9 heteroatoms. The van der Waals surface area contributed by atoms with E-state index in [9.17, 15) is 19.0 Å². The summed E-state index contributed by atoms with van der Waals surface area (Å²) in [6.07, 6.45) is 36.5. The molecule has 2 unspecified atom stereocenters. The summed E-state index contributed by atoms with van der Waals surface area (Å²) in [6.45, 7) is 3.84. The van der Waals surface area contributed by atoms with Crippen molar-refractivity contribution in [3.8, 4) is 0 Å². The minimum absolute atomic E-state index is 0.227. The third-order valence-corrected chi connectivity index (χ3v) is 9.14. The van der Waals surface area contributed by atoms with Crippen molar-refractivity contribution >= 4 is 19.8 Å². The molecule has 0 aromatic carbocycles. The van der Waals surface area contributed by atoms with Crippen LogP contribution < -0.4 is 0 Å². The first-order valence-corrected chi connectivity index (χ1v) is 20.5. The van der Waals surface area contributed by atoms with Gasteiger partial charge in [0.25, 0.3) is 0 Å². The molecule has 0 saturated carbocycles. The predicted molar refractivity (Wildman–Crippen MR) is 193 cm³/mol. The number of ether oxygens (including phenoxy) is 2. The third-order valence-electron chi connectivity index (χ3n) is 8.20. The van der Waals surface area contributed by atoms with Gasteiger partial charge >= 0.3 is 19.8 Å². The number of phosphoric acid groups is 1. The largest absolute Gasteiger partial charge is 0.472 e. The highest BCUT2D eigenvalue weighted by molar-refractivity contribution is 7.47. The molecule has 0 aliphatic rings. The normalized spacial score (nSPS) is 13.7. The van der Waals surface area contributed by atoms with Crippen LogP contribution in [0.1, 0.15) is 181 Å². The molecule has 276 valence electrons. The van der Waals surface area contributed by atoms with E-state index in [-0.39, 0.29) is 19.0 Å². The van der Waals surface area contributed by atoms with Crippen LogP contribution in [-0.4, -0.2) is 43.3 Å². The van der Waals surface area contributed by atoms with Crippen LogP contribution in [0, 0.1) is 0 Å². The second kappa shape index (κ2) is 34.4. The van der Waals surface area contributed by atoms with Gasteiger partial charge in [-0.15, -0.1) is 0 Å². The van der Waals surface area contributed by atoms with E-state index in [1.54, 1.807) is 0 Å². The van der Waals surface area contributed by atoms with Crippen LogP contribution in [0.3, 0.4) is 0 Å². The summed E-state index contributed by atoms with van der Waals surface area (Å²) in [6, 6.07) is 0. The number of hydrogen-bond donors (Lipinski definition) is 1. The van der Waals surface area contributed by atoms with Gasteiger partial charge in [0.15, 0.2) is 6.10 Å². The maximum Gasteiger partial charge on any atom is 0.472 e. The van der Waals surface area contributed by atoms with Crippen molar-refractivity contribution in [1.82, 2.24) is 0 Å². The van der Waals surface area contributed by atoms with Crippen molar-refractivity contribution in [1.29, 1.82) is 0 Å². The standard InChI is InChI=1S/C38H71O8P/c1-4-6-8-10-12-14-16-18-19-21-23-25-27-29-31-33-38(40)46-36(35-45-47(41,42)43-3)34-44-37(39)32-30-28-26-24-22-20-17-15-13-11-9-7-5-2/h12,14,18-19,36H,4-11,13,15-17,20-35H2,1-3H3,(H,41,42)/b14-12-,19-18-. The summed E-state index contributed by atoms with van der Waals surface area (Å²) >= 11 is 0. The van der Waals surface area contributed by atoms with Crippen molar-refractivity contribution in [3.05, 3.63) is 24.3 Å². The minimum atomic E-state index is -4.26. The molecule has 0 aromatic rings. The van der Waals surface area contributed by atoms with Gasteiger partial charge in [0.2, 0.25) is 0 Å². The minimum Gasteiger partial charge on any atom is -0.462 e. The van der Waals surface area contributed by atoms with Gasteiger partial charge in [0.1, 0.15) is 6.61 Å². The summed E-state index contributed by atoms with van der Waals surface area (Å²) in [5.74, 6) is -0.816. The lowest BCUT2D eigenvalue weighted by atomic mass is 10.0. The van der Waals surface area contributed by atoms with Gasteiger partial charge in [-0.25, -0.2) is 4.57 Å². The van der Waals surface area contributed by atoms with Crippen molar-refractivity contribution in [3.63, 3.8) is 0 Å². The van der Waals surface area contributed by atoms with E-state index in [1.807, 2.05) is 0 Å². The summed E-state index contributed by atoms with van der Waals surface area (Å²) in [5.41, 5.74) is 0. The van der Waals surface area contributed by atoms with Gasteiger partial charge in [-0.3, -0.25) is 18.6 Å². The van der Waals surface area contributed by atoms with Crippen LogP contribution in [0.15, 0.2) is 24.3 Å². The highest BCUT2D eigenvalue weighted by atomic mass is 31.2. The van der Waals surface area contributed by atoms with E-state index in [4.69, 9.17) is 14.0 Å². The second-order valence-corrected chi connectivity index (χ2v) is 14.3. The molecule has 8 nitrogen and oxygen atoms in total. The van der Waals surface area contributed by atoms with E-state index in [2.05, 4.69) is 42.7 Å². The lowest BCUT2D eigenvalue weighted by Crippen LogP contribution is -2.29. The number of allylic oxidation sites excluding steroid dienone is 4. The number of carbonyl (C=O) groups is 2. The smallest absolute Gasteiger partial charge is 0.462 e. The van der Waals surface area contributed by atoms with Crippen LogP contribution in [0.2, 0.25) is 0 Å². The summed E-state index contributed by atoms with van der Waals surface area (Å²) in [5, 5.41) is 0. The zero-order valence-electron chi connectivity index (χ0n) is 30.4. The summed E-state index contributed by atoms with van der Waals surface area (Å²) < 4.78 is 31.8. The number of esters is 2. The number of unbranched alkanes of at least 4 members (excludes halogenated alkanes) is 20. The lowest BCUT2D eigenvalue weighted by molar-refractivity contribution is -0.161. The Labute approximate surface area is 288 Å². The molecule has 0 amide bonds. The Morgan fingerprint density at radius 2 is 1.02 bits per heavy atom. The fourth-order valence-corrected chi connectivity index (χ4v) is 5.68. The van der Waals surface area contributed by atoms with Gasteiger partial charge < -0.3 is 14.4 Å². The van der Waals surface area contributed by atoms with Crippen molar-refractivity contribution < 1.29 is 37.6 Å². The van der Waals surface area contributed by atoms with Crippen LogP contribution in [0.4, 0.5) is 0 Å². The summed E-state index contributed by atoms with van der Waals surface area (Å²) in [7, 11) is -3.20. The Hall–Kier alpha value is -1.47. The Kier molecular flexibility index (Phi) is 33.3. The van der Waals surface area contributed by atoms with Crippen LogP contribution in [0.25, 0.3) is 0 Å². The molecule has 0 rings (SSSR count). The van der Waals surface area contributed by atoms with Gasteiger partial charge in [-0.2, -0.15) is 0 Å². The molecule has 0 aliphatic heterocycles. The number of rotatable bonds is 35. The molecule has 0 aromatic heterocycles. The van der Waals surface area contributed by atoms with Crippen molar-refractivity contribution in [2.45, 2.75) is 187 Å². The SMILES string of the molecule is CCCCC/C=C\C/C=C\CCCCCCCC(=O)OC(COC(=O)CCCCCCCCCCCCCCC)COP(=O)(O)OC. The van der Waals surface area contributed by atoms with Crippen LogP contribution >= 0.6 is 7.82 Å². The maximum atomic E-state index is 12.4. The lowest BCUT2D eigenvalue weighted by Gasteiger charge is -2.19. The van der Waals surface area contributed by atoms with Crippen molar-refractivity contribution in [2.75, 3.05) is 20.3 Å². The molecule has 0 heterocycles. The molecule has 0 saturated heterocycles. The Morgan fingerprint density at radius 1 is 0.596 bits per heavy atom.